The number of nitrogens with one attached hydrogen (secondary N) is 1. The number of hydrogen-bond acceptors (Lipinski definition) is 5. The first-order valence-electron chi connectivity index (χ1n) is 11.7. The van der Waals surface area contributed by atoms with Crippen molar-refractivity contribution in [2.75, 3.05) is 27.4 Å². The van der Waals surface area contributed by atoms with Crippen molar-refractivity contribution in [3.05, 3.63) is 59.2 Å². The van der Waals surface area contributed by atoms with Gasteiger partial charge in [-0.2, -0.15) is 0 Å². The Balaban J connectivity index is 1.50. The normalized spacial score (nSPS) is 22.2. The quantitative estimate of drug-likeness (QED) is 0.702. The van der Waals surface area contributed by atoms with E-state index in [1.807, 2.05) is 30.3 Å². The molecule has 2 aliphatic heterocycles. The highest BCUT2D eigenvalue weighted by Crippen LogP contribution is 2.42. The maximum atomic E-state index is 13.4. The highest BCUT2D eigenvalue weighted by atomic mass is 16.5. The molecule has 2 heterocycles. The number of carbonyl (C=O) groups is 2. The van der Waals surface area contributed by atoms with E-state index in [1.165, 1.54) is 10.5 Å². The standard InChI is InChI=1S/C26H31N3O4/c1-32-21-15-19-11-14-28(17-29-24(30)26(27-25(29)31)12-7-4-8-13-26)23(18-9-5-3-6-10-18)20(19)16-22(21)33-2/h3,5-6,9-10,15-16,23H,4,7-8,11-14,17H2,1-2H3,(H,27,31)/t23-/m1/s1. The molecule has 3 amide bonds. The van der Waals surface area contributed by atoms with Crippen LogP contribution in [-0.4, -0.2) is 54.7 Å². The molecule has 2 aromatic rings. The lowest BCUT2D eigenvalue weighted by molar-refractivity contribution is -0.134. The zero-order valence-corrected chi connectivity index (χ0v) is 19.3. The minimum Gasteiger partial charge on any atom is -0.493 e. The first-order valence-corrected chi connectivity index (χ1v) is 11.7. The van der Waals surface area contributed by atoms with Crippen LogP contribution < -0.4 is 14.8 Å². The Hall–Kier alpha value is -3.06. The van der Waals surface area contributed by atoms with Gasteiger partial charge in [0.05, 0.1) is 26.9 Å². The molecule has 174 valence electrons. The summed E-state index contributed by atoms with van der Waals surface area (Å²) in [6.07, 6.45) is 5.34. The molecule has 2 fully saturated rings. The van der Waals surface area contributed by atoms with E-state index in [9.17, 15) is 9.59 Å². The van der Waals surface area contributed by atoms with Gasteiger partial charge in [0.1, 0.15) is 5.54 Å². The first-order chi connectivity index (χ1) is 16.1. The monoisotopic (exact) mass is 449 g/mol. The predicted molar refractivity (Wildman–Crippen MR) is 124 cm³/mol. The Bertz CT molecular complexity index is 1050. The highest BCUT2D eigenvalue weighted by Gasteiger charge is 2.52. The van der Waals surface area contributed by atoms with E-state index in [0.717, 1.165) is 56.2 Å². The van der Waals surface area contributed by atoms with E-state index in [4.69, 9.17) is 9.47 Å². The van der Waals surface area contributed by atoms with Gasteiger partial charge in [0.15, 0.2) is 11.5 Å². The van der Waals surface area contributed by atoms with Gasteiger partial charge in [-0.05, 0) is 48.1 Å². The number of hydrogen-bond donors (Lipinski definition) is 1. The van der Waals surface area contributed by atoms with Gasteiger partial charge in [-0.25, -0.2) is 9.69 Å². The molecule has 3 aliphatic rings. The number of methoxy groups -OCH3 is 2. The van der Waals surface area contributed by atoms with Crippen molar-refractivity contribution in [3.63, 3.8) is 0 Å². The summed E-state index contributed by atoms with van der Waals surface area (Å²) in [5.41, 5.74) is 2.72. The van der Waals surface area contributed by atoms with Gasteiger partial charge < -0.3 is 14.8 Å². The Labute approximate surface area is 194 Å². The van der Waals surface area contributed by atoms with Gasteiger partial charge in [-0.1, -0.05) is 49.6 Å². The van der Waals surface area contributed by atoms with Gasteiger partial charge >= 0.3 is 6.03 Å². The number of rotatable bonds is 5. The molecule has 1 spiro atoms. The number of nitrogens with zero attached hydrogens (tertiary/aromatic N) is 2. The number of benzene rings is 2. The molecule has 1 atom stereocenters. The summed E-state index contributed by atoms with van der Waals surface area (Å²) in [6, 6.07) is 13.9. The number of urea groups is 1. The van der Waals surface area contributed by atoms with Crippen molar-refractivity contribution in [2.24, 2.45) is 0 Å². The minimum atomic E-state index is -0.706. The topological polar surface area (TPSA) is 71.1 Å². The summed E-state index contributed by atoms with van der Waals surface area (Å²) in [4.78, 5) is 30.0. The third-order valence-electron chi connectivity index (χ3n) is 7.36. The number of carbonyl (C=O) groups excluding carboxylic acids is 2. The van der Waals surface area contributed by atoms with Crippen LogP contribution in [0, 0.1) is 0 Å². The van der Waals surface area contributed by atoms with Crippen LogP contribution in [0.25, 0.3) is 0 Å². The van der Waals surface area contributed by atoms with Crippen molar-refractivity contribution in [1.29, 1.82) is 0 Å². The van der Waals surface area contributed by atoms with Crippen molar-refractivity contribution in [1.82, 2.24) is 15.1 Å². The average molecular weight is 450 g/mol. The lowest BCUT2D eigenvalue weighted by atomic mass is 9.82. The largest absolute Gasteiger partial charge is 0.493 e. The van der Waals surface area contributed by atoms with Crippen molar-refractivity contribution >= 4 is 11.9 Å². The smallest absolute Gasteiger partial charge is 0.326 e. The van der Waals surface area contributed by atoms with Gasteiger partial charge in [-0.3, -0.25) is 9.69 Å². The SMILES string of the molecule is COc1cc2c(cc1OC)[C@@H](c1ccccc1)N(CN1C(=O)NC3(CCCCC3)C1=O)CC2. The molecule has 1 saturated heterocycles. The van der Waals surface area contributed by atoms with Crippen molar-refractivity contribution in [3.8, 4) is 11.5 Å². The highest BCUT2D eigenvalue weighted by molar-refractivity contribution is 6.07. The van der Waals surface area contributed by atoms with Gasteiger partial charge in [0.2, 0.25) is 0 Å². The zero-order chi connectivity index (χ0) is 23.0. The molecule has 0 unspecified atom stereocenters. The molecule has 0 bridgehead atoms. The van der Waals surface area contributed by atoms with Crippen LogP contribution in [0.5, 0.6) is 11.5 Å². The fraction of sp³-hybridized carbons (Fsp3) is 0.462. The van der Waals surface area contributed by atoms with E-state index in [1.54, 1.807) is 14.2 Å². The average Bonchev–Trinajstić information content (AvgIpc) is 3.07. The summed E-state index contributed by atoms with van der Waals surface area (Å²) in [7, 11) is 3.28. The summed E-state index contributed by atoms with van der Waals surface area (Å²) < 4.78 is 11.1. The van der Waals surface area contributed by atoms with Gasteiger partial charge in [0.25, 0.3) is 5.91 Å². The Morgan fingerprint density at radius 1 is 1.00 bits per heavy atom. The molecule has 7 nitrogen and oxygen atoms in total. The molecule has 1 aliphatic carbocycles. The van der Waals surface area contributed by atoms with E-state index in [2.05, 4.69) is 22.3 Å². The lowest BCUT2D eigenvalue weighted by Gasteiger charge is -2.39. The number of ether oxygens (including phenoxy) is 2. The fourth-order valence-electron chi connectivity index (χ4n) is 5.66. The summed E-state index contributed by atoms with van der Waals surface area (Å²) in [5, 5.41) is 3.04. The zero-order valence-electron chi connectivity index (χ0n) is 19.3. The third kappa shape index (κ3) is 3.74. The predicted octanol–water partition coefficient (Wildman–Crippen LogP) is 3.86. The van der Waals surface area contributed by atoms with Crippen LogP contribution in [0.3, 0.4) is 0 Å². The van der Waals surface area contributed by atoms with Crippen LogP contribution >= 0.6 is 0 Å². The molecule has 7 heteroatoms. The minimum absolute atomic E-state index is 0.0721. The molecule has 5 rings (SSSR count). The summed E-state index contributed by atoms with van der Waals surface area (Å²) >= 11 is 0. The first kappa shape index (κ1) is 21.8. The van der Waals surface area contributed by atoms with Crippen LogP contribution in [0.2, 0.25) is 0 Å². The van der Waals surface area contributed by atoms with E-state index >= 15 is 0 Å². The molecule has 2 aromatic carbocycles. The van der Waals surface area contributed by atoms with Crippen molar-refractivity contribution < 1.29 is 19.1 Å². The van der Waals surface area contributed by atoms with E-state index in [0.29, 0.717) is 11.5 Å². The Kier molecular flexibility index (Phi) is 5.74. The summed E-state index contributed by atoms with van der Waals surface area (Å²) in [5.74, 6) is 1.32. The second-order valence-electron chi connectivity index (χ2n) is 9.23. The maximum absolute atomic E-state index is 13.4. The summed E-state index contributed by atoms with van der Waals surface area (Å²) in [6.45, 7) is 0.992. The number of amides is 3. The molecule has 1 N–H and O–H groups in total. The molecule has 1 saturated carbocycles. The van der Waals surface area contributed by atoms with Crippen LogP contribution in [0.1, 0.15) is 54.8 Å². The lowest BCUT2D eigenvalue weighted by Crippen LogP contribution is -2.50. The molecule has 0 aromatic heterocycles. The second kappa shape index (κ2) is 8.71. The molecular formula is C26H31N3O4. The third-order valence-corrected chi connectivity index (χ3v) is 7.36. The van der Waals surface area contributed by atoms with Crippen LogP contribution in [-0.2, 0) is 11.2 Å². The number of imide groups is 1. The van der Waals surface area contributed by atoms with Crippen molar-refractivity contribution in [2.45, 2.75) is 50.1 Å². The molecular weight excluding hydrogens is 418 g/mol. The maximum Gasteiger partial charge on any atom is 0.326 e. The van der Waals surface area contributed by atoms with Gasteiger partial charge in [-0.15, -0.1) is 0 Å². The Morgan fingerprint density at radius 3 is 2.39 bits per heavy atom. The second-order valence-corrected chi connectivity index (χ2v) is 9.23. The molecule has 33 heavy (non-hydrogen) atoms. The van der Waals surface area contributed by atoms with Crippen LogP contribution in [0.4, 0.5) is 4.79 Å². The van der Waals surface area contributed by atoms with Crippen LogP contribution in [0.15, 0.2) is 42.5 Å². The molecule has 0 radical (unpaired) electrons. The fourth-order valence-corrected chi connectivity index (χ4v) is 5.66. The number of fused-ring (bicyclic) bond motifs is 1. The van der Waals surface area contributed by atoms with E-state index < -0.39 is 5.54 Å². The Morgan fingerprint density at radius 2 is 1.70 bits per heavy atom. The van der Waals surface area contributed by atoms with Gasteiger partial charge in [0, 0.05) is 6.54 Å². The van der Waals surface area contributed by atoms with E-state index in [-0.39, 0.29) is 24.6 Å².